The predicted octanol–water partition coefficient (Wildman–Crippen LogP) is 1.08. The van der Waals surface area contributed by atoms with E-state index in [0.29, 0.717) is 13.0 Å². The molecule has 160 valence electrons. The second kappa shape index (κ2) is 11.3. The van der Waals surface area contributed by atoms with Crippen LogP contribution in [0.1, 0.15) is 15.9 Å². The Morgan fingerprint density at radius 1 is 0.933 bits per heavy atom. The molecular formula is C21H24N2O7. The number of nitrogens with two attached hydrogens (primary N) is 1. The summed E-state index contributed by atoms with van der Waals surface area (Å²) in [6.07, 6.45) is 0.633. The Hall–Kier alpha value is -3.75. The van der Waals surface area contributed by atoms with Crippen molar-refractivity contribution in [1.82, 2.24) is 5.32 Å². The molecule has 0 saturated heterocycles. The summed E-state index contributed by atoms with van der Waals surface area (Å²) in [5.74, 6) is -0.499. The van der Waals surface area contributed by atoms with Crippen LogP contribution in [-0.4, -0.2) is 51.8 Å². The van der Waals surface area contributed by atoms with Gasteiger partial charge in [0.1, 0.15) is 5.75 Å². The summed E-state index contributed by atoms with van der Waals surface area (Å²) < 4.78 is 20.4. The molecule has 0 unspecified atom stereocenters. The van der Waals surface area contributed by atoms with Crippen molar-refractivity contribution in [2.45, 2.75) is 6.42 Å². The van der Waals surface area contributed by atoms with Gasteiger partial charge in [-0.2, -0.15) is 0 Å². The van der Waals surface area contributed by atoms with Crippen molar-refractivity contribution in [3.05, 3.63) is 53.6 Å². The third-order valence-electron chi connectivity index (χ3n) is 4.00. The molecule has 9 heteroatoms. The molecule has 0 heterocycles. The minimum absolute atomic E-state index is 0.171. The Labute approximate surface area is 174 Å². The summed E-state index contributed by atoms with van der Waals surface area (Å²) in [6.45, 7) is -0.330. The SMILES string of the molecule is COc1ccc(CCNC(=O)COC(=O)c2ccc(OCC(N)=O)c(OC)c2)cc1. The fourth-order valence-electron chi connectivity index (χ4n) is 2.47. The standard InChI is InChI=1S/C21H24N2O7/c1-27-16-6-3-14(4-7-16)9-10-23-20(25)13-30-21(26)15-5-8-17(18(11-15)28-2)29-12-19(22)24/h3-8,11H,9-10,12-13H2,1-2H3,(H2,22,24)(H,23,25). The van der Waals surface area contributed by atoms with Gasteiger partial charge in [-0.1, -0.05) is 12.1 Å². The minimum atomic E-state index is -0.694. The molecule has 0 spiro atoms. The van der Waals surface area contributed by atoms with Crippen LogP contribution in [0, 0.1) is 0 Å². The van der Waals surface area contributed by atoms with Crippen molar-refractivity contribution in [2.24, 2.45) is 5.73 Å². The number of ether oxygens (including phenoxy) is 4. The molecule has 2 aromatic rings. The number of hydrogen-bond donors (Lipinski definition) is 2. The molecule has 0 saturated carbocycles. The van der Waals surface area contributed by atoms with Gasteiger partial charge in [-0.15, -0.1) is 0 Å². The quantitative estimate of drug-likeness (QED) is 0.525. The van der Waals surface area contributed by atoms with Crippen molar-refractivity contribution in [2.75, 3.05) is 34.0 Å². The topological polar surface area (TPSA) is 126 Å². The lowest BCUT2D eigenvalue weighted by Gasteiger charge is -2.11. The van der Waals surface area contributed by atoms with Crippen LogP contribution < -0.4 is 25.3 Å². The van der Waals surface area contributed by atoms with Crippen LogP contribution in [0.25, 0.3) is 0 Å². The lowest BCUT2D eigenvalue weighted by molar-refractivity contribution is -0.124. The average Bonchev–Trinajstić information content (AvgIpc) is 2.76. The Balaban J connectivity index is 1.79. The van der Waals surface area contributed by atoms with Crippen molar-refractivity contribution >= 4 is 17.8 Å². The maximum atomic E-state index is 12.2. The van der Waals surface area contributed by atoms with Gasteiger partial charge in [0, 0.05) is 6.54 Å². The Morgan fingerprint density at radius 3 is 2.30 bits per heavy atom. The van der Waals surface area contributed by atoms with Gasteiger partial charge < -0.3 is 30.0 Å². The Morgan fingerprint density at radius 2 is 1.67 bits per heavy atom. The number of carbonyl (C=O) groups is 3. The monoisotopic (exact) mass is 416 g/mol. The van der Waals surface area contributed by atoms with Gasteiger partial charge in [0.05, 0.1) is 19.8 Å². The van der Waals surface area contributed by atoms with Gasteiger partial charge in [-0.05, 0) is 42.3 Å². The largest absolute Gasteiger partial charge is 0.497 e. The molecule has 0 fully saturated rings. The van der Waals surface area contributed by atoms with E-state index in [2.05, 4.69) is 5.32 Å². The average molecular weight is 416 g/mol. The summed E-state index contributed by atoms with van der Waals surface area (Å²) in [7, 11) is 2.98. The van der Waals surface area contributed by atoms with Crippen molar-refractivity contribution in [3.8, 4) is 17.2 Å². The zero-order valence-electron chi connectivity index (χ0n) is 16.8. The minimum Gasteiger partial charge on any atom is -0.497 e. The van der Waals surface area contributed by atoms with Crippen LogP contribution in [0.5, 0.6) is 17.2 Å². The molecule has 0 bridgehead atoms. The van der Waals surface area contributed by atoms with Gasteiger partial charge >= 0.3 is 5.97 Å². The van der Waals surface area contributed by atoms with E-state index in [1.54, 1.807) is 7.11 Å². The maximum absolute atomic E-state index is 12.2. The molecule has 3 N–H and O–H groups in total. The fraction of sp³-hybridized carbons (Fsp3) is 0.286. The molecule has 2 rings (SSSR count). The van der Waals surface area contributed by atoms with Crippen LogP contribution in [0.3, 0.4) is 0 Å². The van der Waals surface area contributed by atoms with Gasteiger partial charge in [-0.25, -0.2) is 4.79 Å². The first-order valence-electron chi connectivity index (χ1n) is 9.09. The fourth-order valence-corrected chi connectivity index (χ4v) is 2.47. The number of nitrogens with one attached hydrogen (secondary N) is 1. The highest BCUT2D eigenvalue weighted by Gasteiger charge is 2.14. The highest BCUT2D eigenvalue weighted by Crippen LogP contribution is 2.28. The van der Waals surface area contributed by atoms with Crippen LogP contribution in [0.15, 0.2) is 42.5 Å². The summed E-state index contributed by atoms with van der Waals surface area (Å²) in [5, 5.41) is 2.69. The molecule has 9 nitrogen and oxygen atoms in total. The molecular weight excluding hydrogens is 392 g/mol. The summed E-state index contributed by atoms with van der Waals surface area (Å²) >= 11 is 0. The highest BCUT2D eigenvalue weighted by molar-refractivity contribution is 5.92. The molecule has 0 aromatic heterocycles. The second-order valence-corrected chi connectivity index (χ2v) is 6.14. The van der Waals surface area contributed by atoms with Crippen LogP contribution in [0.4, 0.5) is 0 Å². The third kappa shape index (κ3) is 7.01. The van der Waals surface area contributed by atoms with Gasteiger partial charge in [-0.3, -0.25) is 9.59 Å². The number of amides is 2. The third-order valence-corrected chi connectivity index (χ3v) is 4.00. The molecule has 0 aliphatic rings. The lowest BCUT2D eigenvalue weighted by atomic mass is 10.1. The summed E-state index contributed by atoms with van der Waals surface area (Å²) in [4.78, 5) is 34.9. The van der Waals surface area contributed by atoms with E-state index in [1.165, 1.54) is 25.3 Å². The first kappa shape index (κ1) is 22.5. The van der Waals surface area contributed by atoms with E-state index in [4.69, 9.17) is 24.7 Å². The number of methoxy groups -OCH3 is 2. The molecule has 0 aliphatic carbocycles. The second-order valence-electron chi connectivity index (χ2n) is 6.14. The van der Waals surface area contributed by atoms with Crippen molar-refractivity contribution in [1.29, 1.82) is 0 Å². The van der Waals surface area contributed by atoms with Crippen LogP contribution in [0.2, 0.25) is 0 Å². The van der Waals surface area contributed by atoms with Gasteiger partial charge in [0.15, 0.2) is 24.7 Å². The predicted molar refractivity (Wildman–Crippen MR) is 108 cm³/mol. The zero-order chi connectivity index (χ0) is 21.9. The normalized spacial score (nSPS) is 10.1. The van der Waals surface area contributed by atoms with E-state index in [-0.39, 0.29) is 23.7 Å². The first-order valence-corrected chi connectivity index (χ1v) is 9.09. The van der Waals surface area contributed by atoms with Crippen LogP contribution >= 0.6 is 0 Å². The lowest BCUT2D eigenvalue weighted by Crippen LogP contribution is -2.30. The number of hydrogen-bond acceptors (Lipinski definition) is 7. The summed E-state index contributed by atoms with van der Waals surface area (Å²) in [6, 6.07) is 11.8. The van der Waals surface area contributed by atoms with E-state index >= 15 is 0 Å². The van der Waals surface area contributed by atoms with Gasteiger partial charge in [0.25, 0.3) is 11.8 Å². The molecule has 2 aromatic carbocycles. The molecule has 0 atom stereocenters. The number of primary amides is 1. The maximum Gasteiger partial charge on any atom is 0.338 e. The number of benzene rings is 2. The van der Waals surface area contributed by atoms with Crippen LogP contribution in [-0.2, 0) is 20.7 Å². The number of rotatable bonds is 11. The Bertz CT molecular complexity index is 881. The Kier molecular flexibility index (Phi) is 8.49. The van der Waals surface area contributed by atoms with E-state index < -0.39 is 24.4 Å². The molecule has 0 aliphatic heterocycles. The molecule has 2 amide bonds. The van der Waals surface area contributed by atoms with E-state index in [1.807, 2.05) is 24.3 Å². The van der Waals surface area contributed by atoms with Gasteiger partial charge in [0.2, 0.25) is 0 Å². The number of esters is 1. The summed E-state index contributed by atoms with van der Waals surface area (Å²) in [5.41, 5.74) is 6.25. The zero-order valence-corrected chi connectivity index (χ0v) is 16.8. The smallest absolute Gasteiger partial charge is 0.338 e. The number of carbonyl (C=O) groups excluding carboxylic acids is 3. The van der Waals surface area contributed by atoms with Crippen molar-refractivity contribution in [3.63, 3.8) is 0 Å². The van der Waals surface area contributed by atoms with E-state index in [9.17, 15) is 14.4 Å². The highest BCUT2D eigenvalue weighted by atomic mass is 16.5. The van der Waals surface area contributed by atoms with E-state index in [0.717, 1.165) is 11.3 Å². The van der Waals surface area contributed by atoms with Crippen molar-refractivity contribution < 1.29 is 33.3 Å². The first-order chi connectivity index (χ1) is 14.4. The molecule has 0 radical (unpaired) electrons. The molecule has 30 heavy (non-hydrogen) atoms.